The number of hydrogen-bond donors (Lipinski definition) is 3. The minimum Gasteiger partial charge on any atom is -0.489 e. The third-order valence-corrected chi connectivity index (χ3v) is 6.35. The summed E-state index contributed by atoms with van der Waals surface area (Å²) < 4.78 is 43.6. The van der Waals surface area contributed by atoms with E-state index in [1.165, 1.54) is 43.3 Å². The summed E-state index contributed by atoms with van der Waals surface area (Å²) in [5.74, 6) is -0.822. The fourth-order valence-electron chi connectivity index (χ4n) is 3.29. The van der Waals surface area contributed by atoms with Gasteiger partial charge in [-0.15, -0.1) is 0 Å². The molecule has 2 unspecified atom stereocenters. The van der Waals surface area contributed by atoms with Crippen molar-refractivity contribution in [2.45, 2.75) is 49.8 Å². The fourth-order valence-corrected chi connectivity index (χ4v) is 4.08. The number of piperidine rings is 1. The smallest absolute Gasteiger partial charge is 0.345 e. The first-order valence-corrected chi connectivity index (χ1v) is 11.2. The highest BCUT2D eigenvalue weighted by Crippen LogP contribution is 2.22. The van der Waals surface area contributed by atoms with Crippen LogP contribution in [0.1, 0.15) is 30.9 Å². The first-order chi connectivity index (χ1) is 14.6. The summed E-state index contributed by atoms with van der Waals surface area (Å²) in [4.78, 5) is 18.6. The molecule has 1 aliphatic rings. The van der Waals surface area contributed by atoms with Crippen molar-refractivity contribution >= 4 is 16.0 Å². The summed E-state index contributed by atoms with van der Waals surface area (Å²) >= 11 is 0. The average Bonchev–Trinajstić information content (AvgIpc) is 2.71. The van der Waals surface area contributed by atoms with Gasteiger partial charge in [0.15, 0.2) is 0 Å². The Bertz CT molecular complexity index is 1040. The van der Waals surface area contributed by atoms with Crippen molar-refractivity contribution in [1.82, 2.24) is 10.2 Å². The van der Waals surface area contributed by atoms with E-state index in [0.717, 1.165) is 11.1 Å². The van der Waals surface area contributed by atoms with Crippen LogP contribution < -0.4 is 14.9 Å². The van der Waals surface area contributed by atoms with E-state index in [4.69, 9.17) is 9.57 Å². The van der Waals surface area contributed by atoms with Crippen LogP contribution in [0.5, 0.6) is 5.75 Å². The van der Waals surface area contributed by atoms with Crippen molar-refractivity contribution in [2.75, 3.05) is 6.54 Å². The number of benzene rings is 2. The molecule has 0 aromatic heterocycles. The van der Waals surface area contributed by atoms with Crippen LogP contribution in [0.3, 0.4) is 0 Å². The topological polar surface area (TPSA) is 114 Å². The molecule has 3 rings (SSSR count). The Morgan fingerprint density at radius 2 is 2.00 bits per heavy atom. The average molecular weight is 453 g/mol. The molecular formula is C21H25FN2O6S. The first kappa shape index (κ1) is 23.1. The Hall–Kier alpha value is -2.53. The van der Waals surface area contributed by atoms with Crippen molar-refractivity contribution < 1.29 is 32.3 Å². The highest BCUT2D eigenvalue weighted by molar-refractivity contribution is 7.89. The molecule has 0 bridgehead atoms. The maximum absolute atomic E-state index is 13.2. The number of hydrogen-bond acceptors (Lipinski definition) is 7. The van der Waals surface area contributed by atoms with E-state index in [9.17, 15) is 22.7 Å². The number of carbonyl (C=O) groups excluding carboxylic acids is 1. The Labute approximate surface area is 180 Å². The molecule has 0 spiro atoms. The zero-order chi connectivity index (χ0) is 22.6. The molecule has 0 radical (unpaired) electrons. The van der Waals surface area contributed by atoms with Gasteiger partial charge in [0.1, 0.15) is 24.2 Å². The number of rotatable bonds is 7. The lowest BCUT2D eigenvalue weighted by Crippen LogP contribution is -2.58. The zero-order valence-electron chi connectivity index (χ0n) is 17.2. The van der Waals surface area contributed by atoms with Crippen LogP contribution in [0, 0.1) is 12.7 Å². The van der Waals surface area contributed by atoms with Gasteiger partial charge in [0.05, 0.1) is 10.5 Å². The van der Waals surface area contributed by atoms with Crippen molar-refractivity contribution in [3.63, 3.8) is 0 Å². The number of carbonyl (C=O) groups is 1. The number of nitrogens with one attached hydrogen (secondary N) is 2. The standard InChI is InChI=1S/C21H25FN2O6S/c1-14-12-16(22)5-4-15(14)13-29-17-6-8-18(9-7-17)31(27,28)24-30-20(25)19-21(2,26)10-3-11-23-19/h4-9,12,19,23-24,26H,3,10-11,13H2,1-2H3. The lowest BCUT2D eigenvalue weighted by molar-refractivity contribution is -0.158. The van der Waals surface area contributed by atoms with Crippen molar-refractivity contribution in [3.8, 4) is 5.75 Å². The Morgan fingerprint density at radius 3 is 2.65 bits per heavy atom. The first-order valence-electron chi connectivity index (χ1n) is 9.75. The molecule has 1 fully saturated rings. The molecule has 2 atom stereocenters. The van der Waals surface area contributed by atoms with E-state index in [1.807, 2.05) is 0 Å². The maximum atomic E-state index is 13.2. The normalized spacial score (nSPS) is 21.5. The minimum absolute atomic E-state index is 0.131. The van der Waals surface area contributed by atoms with Crippen LogP contribution in [0.15, 0.2) is 47.4 Å². The molecule has 31 heavy (non-hydrogen) atoms. The quantitative estimate of drug-likeness (QED) is 0.550. The van der Waals surface area contributed by atoms with E-state index in [-0.39, 0.29) is 17.3 Å². The van der Waals surface area contributed by atoms with Crippen molar-refractivity contribution in [3.05, 3.63) is 59.4 Å². The van der Waals surface area contributed by atoms with Gasteiger partial charge < -0.3 is 20.0 Å². The third-order valence-electron chi connectivity index (χ3n) is 5.15. The lowest BCUT2D eigenvalue weighted by Gasteiger charge is -2.35. The zero-order valence-corrected chi connectivity index (χ0v) is 18.0. The summed E-state index contributed by atoms with van der Waals surface area (Å²) in [6.45, 7) is 3.97. The van der Waals surface area contributed by atoms with E-state index in [1.54, 1.807) is 17.9 Å². The molecule has 2 aromatic rings. The summed E-state index contributed by atoms with van der Waals surface area (Å²) in [5, 5.41) is 13.1. The molecule has 2 aromatic carbocycles. The van der Waals surface area contributed by atoms with Gasteiger partial charge in [-0.3, -0.25) is 0 Å². The van der Waals surface area contributed by atoms with Crippen molar-refractivity contribution in [2.24, 2.45) is 0 Å². The number of halogens is 1. The monoisotopic (exact) mass is 452 g/mol. The molecule has 0 aliphatic carbocycles. The number of sulfonamides is 1. The van der Waals surface area contributed by atoms with Gasteiger partial charge in [0, 0.05) is 0 Å². The molecule has 1 saturated heterocycles. The van der Waals surface area contributed by atoms with Crippen LogP contribution in [0.4, 0.5) is 4.39 Å². The van der Waals surface area contributed by atoms with E-state index >= 15 is 0 Å². The summed E-state index contributed by atoms with van der Waals surface area (Å²) in [6, 6.07) is 8.87. The molecule has 8 nitrogen and oxygen atoms in total. The molecule has 1 aliphatic heterocycles. The minimum atomic E-state index is -4.13. The molecular weight excluding hydrogens is 427 g/mol. The van der Waals surface area contributed by atoms with Gasteiger partial charge in [-0.1, -0.05) is 6.07 Å². The van der Waals surface area contributed by atoms with E-state index in [2.05, 4.69) is 5.32 Å². The summed E-state index contributed by atoms with van der Waals surface area (Å²) in [7, 11) is -4.13. The molecule has 0 saturated carbocycles. The van der Waals surface area contributed by atoms with Gasteiger partial charge in [0.2, 0.25) is 0 Å². The van der Waals surface area contributed by atoms with Crippen LogP contribution in [0.2, 0.25) is 0 Å². The van der Waals surface area contributed by atoms with E-state index in [0.29, 0.717) is 25.1 Å². The van der Waals surface area contributed by atoms with Gasteiger partial charge in [0.25, 0.3) is 10.0 Å². The number of ether oxygens (including phenoxy) is 1. The molecule has 3 N–H and O–H groups in total. The molecule has 1 heterocycles. The predicted molar refractivity (Wildman–Crippen MR) is 110 cm³/mol. The summed E-state index contributed by atoms with van der Waals surface area (Å²) in [5.41, 5.74) is 0.221. The molecule has 0 amide bonds. The largest absolute Gasteiger partial charge is 0.489 e. The van der Waals surface area contributed by atoms with Crippen molar-refractivity contribution in [1.29, 1.82) is 0 Å². The molecule has 10 heteroatoms. The lowest BCUT2D eigenvalue weighted by atomic mass is 9.88. The SMILES string of the molecule is Cc1cc(F)ccc1COc1ccc(S(=O)(=O)NOC(=O)C2NCCCC2(C)O)cc1. The predicted octanol–water partition coefficient (Wildman–Crippen LogP) is 1.95. The van der Waals surface area contributed by atoms with Gasteiger partial charge in [-0.2, -0.15) is 0 Å². The molecule has 168 valence electrons. The van der Waals surface area contributed by atoms with Gasteiger partial charge >= 0.3 is 5.97 Å². The van der Waals surface area contributed by atoms with Crippen LogP contribution >= 0.6 is 0 Å². The van der Waals surface area contributed by atoms with Gasteiger partial charge in [-0.05, 0) is 85.6 Å². The second-order valence-electron chi connectivity index (χ2n) is 7.69. The second kappa shape index (κ2) is 9.31. The fraction of sp³-hybridized carbons (Fsp3) is 0.381. The highest BCUT2D eigenvalue weighted by Gasteiger charge is 2.41. The second-order valence-corrected chi connectivity index (χ2v) is 9.33. The van der Waals surface area contributed by atoms with Crippen LogP contribution in [-0.2, 0) is 26.3 Å². The highest BCUT2D eigenvalue weighted by atomic mass is 32.2. The van der Waals surface area contributed by atoms with Crippen LogP contribution in [-0.4, -0.2) is 37.7 Å². The van der Waals surface area contributed by atoms with E-state index < -0.39 is 27.6 Å². The van der Waals surface area contributed by atoms with Crippen LogP contribution in [0.25, 0.3) is 0 Å². The maximum Gasteiger partial charge on any atom is 0.345 e. The Kier molecular flexibility index (Phi) is 6.95. The number of aryl methyl sites for hydroxylation is 1. The Balaban J connectivity index is 1.58. The van der Waals surface area contributed by atoms with Gasteiger partial charge in [-0.25, -0.2) is 17.6 Å². The third kappa shape index (κ3) is 5.79. The summed E-state index contributed by atoms with van der Waals surface area (Å²) in [6.07, 6.45) is 1.09. The Morgan fingerprint density at radius 1 is 1.29 bits per heavy atom. The number of aliphatic hydroxyl groups is 1.